The Labute approximate surface area is 61.9 Å². The molecule has 54 valence electrons. The fourth-order valence-corrected chi connectivity index (χ4v) is 1.47. The van der Waals surface area contributed by atoms with Crippen molar-refractivity contribution in [2.24, 2.45) is 4.99 Å². The lowest BCUT2D eigenvalue weighted by atomic mass is 10.3. The zero-order valence-electron chi connectivity index (χ0n) is 6.86. The number of nitrogens with zero attached hydrogens (tertiary/aromatic N) is 1. The van der Waals surface area contributed by atoms with Crippen LogP contribution >= 0.6 is 11.8 Å². The highest BCUT2D eigenvalue weighted by molar-refractivity contribution is 8.14. The third-order valence-electron chi connectivity index (χ3n) is 0.769. The van der Waals surface area contributed by atoms with Gasteiger partial charge in [0.15, 0.2) is 0 Å². The number of hydrogen-bond acceptors (Lipinski definition) is 2. The van der Waals surface area contributed by atoms with E-state index in [-0.39, 0.29) is 0 Å². The fourth-order valence-electron chi connectivity index (χ4n) is 0.489. The molecule has 2 heteroatoms. The predicted octanol–water partition coefficient (Wildman–Crippen LogP) is 2.57. The minimum atomic E-state index is 0.309. The molecule has 0 aliphatic heterocycles. The molecular weight excluding hydrogens is 130 g/mol. The summed E-state index contributed by atoms with van der Waals surface area (Å²) in [5.74, 6) is 0. The smallest absolute Gasteiger partial charge is 0.0646 e. The third kappa shape index (κ3) is 5.90. The zero-order chi connectivity index (χ0) is 7.49. The average molecular weight is 145 g/mol. The van der Waals surface area contributed by atoms with Gasteiger partial charge in [-0.1, -0.05) is 20.8 Å². The first-order chi connectivity index (χ1) is 3.95. The van der Waals surface area contributed by atoms with Crippen LogP contribution in [-0.2, 0) is 0 Å². The Kier molecular flexibility index (Phi) is 3.26. The van der Waals surface area contributed by atoms with E-state index in [1.165, 1.54) is 0 Å². The number of hydrogen-bond donors (Lipinski definition) is 0. The summed E-state index contributed by atoms with van der Waals surface area (Å²) in [6, 6.07) is 0. The molecular formula is C7H15NS. The first-order valence-corrected chi connectivity index (χ1v) is 3.90. The Balaban J connectivity index is 3.75. The molecule has 0 aromatic carbocycles. The lowest BCUT2D eigenvalue weighted by Crippen LogP contribution is -2.09. The number of thioether (sulfide) groups is 1. The molecule has 0 aromatic heterocycles. The highest BCUT2D eigenvalue weighted by atomic mass is 32.2. The summed E-state index contributed by atoms with van der Waals surface area (Å²) in [7, 11) is 1.83. The maximum absolute atomic E-state index is 4.05. The molecule has 0 spiro atoms. The van der Waals surface area contributed by atoms with Crippen molar-refractivity contribution in [2.75, 3.05) is 7.05 Å². The SMILES string of the molecule is CN=C(C)SC(C)(C)C. The monoisotopic (exact) mass is 145 g/mol. The van der Waals surface area contributed by atoms with Gasteiger partial charge in [0.2, 0.25) is 0 Å². The summed E-state index contributed by atoms with van der Waals surface area (Å²) >= 11 is 1.81. The molecule has 0 heterocycles. The standard InChI is InChI=1S/C7H15NS/c1-6(8-5)9-7(2,3)4/h1-5H3. The minimum Gasteiger partial charge on any atom is -0.287 e. The van der Waals surface area contributed by atoms with Gasteiger partial charge < -0.3 is 0 Å². The highest BCUT2D eigenvalue weighted by Gasteiger charge is 2.11. The summed E-state index contributed by atoms with van der Waals surface area (Å²) < 4.78 is 0.309. The summed E-state index contributed by atoms with van der Waals surface area (Å²) in [5.41, 5.74) is 0. The van der Waals surface area contributed by atoms with Crippen molar-refractivity contribution in [1.29, 1.82) is 0 Å². The van der Waals surface area contributed by atoms with E-state index < -0.39 is 0 Å². The molecule has 0 saturated heterocycles. The molecule has 1 nitrogen and oxygen atoms in total. The van der Waals surface area contributed by atoms with Crippen LogP contribution in [0, 0.1) is 0 Å². The second kappa shape index (κ2) is 3.25. The van der Waals surface area contributed by atoms with Gasteiger partial charge in [-0.3, -0.25) is 4.99 Å². The largest absolute Gasteiger partial charge is 0.287 e. The van der Waals surface area contributed by atoms with Gasteiger partial charge in [-0.25, -0.2) is 0 Å². The Morgan fingerprint density at radius 1 is 1.33 bits per heavy atom. The third-order valence-corrected chi connectivity index (χ3v) is 1.86. The van der Waals surface area contributed by atoms with Crippen molar-refractivity contribution < 1.29 is 0 Å². The van der Waals surface area contributed by atoms with Crippen LogP contribution in [0.4, 0.5) is 0 Å². The molecule has 0 unspecified atom stereocenters. The molecule has 0 amide bonds. The predicted molar refractivity (Wildman–Crippen MR) is 46.4 cm³/mol. The van der Waals surface area contributed by atoms with Crippen LogP contribution in [0.15, 0.2) is 4.99 Å². The molecule has 0 aromatic rings. The van der Waals surface area contributed by atoms with Gasteiger partial charge in [-0.2, -0.15) is 0 Å². The van der Waals surface area contributed by atoms with Crippen LogP contribution in [0.25, 0.3) is 0 Å². The van der Waals surface area contributed by atoms with Crippen molar-refractivity contribution in [3.63, 3.8) is 0 Å². The maximum atomic E-state index is 4.05. The minimum absolute atomic E-state index is 0.309. The normalized spacial score (nSPS) is 14.1. The Morgan fingerprint density at radius 3 is 1.89 bits per heavy atom. The summed E-state index contributed by atoms with van der Waals surface area (Å²) in [6.45, 7) is 8.60. The van der Waals surface area contributed by atoms with E-state index in [0.717, 1.165) is 5.04 Å². The second-order valence-corrected chi connectivity index (χ2v) is 4.98. The molecule has 0 aliphatic carbocycles. The topological polar surface area (TPSA) is 12.4 Å². The van der Waals surface area contributed by atoms with Crippen LogP contribution < -0.4 is 0 Å². The first kappa shape index (κ1) is 9.02. The molecule has 0 N–H and O–H groups in total. The first-order valence-electron chi connectivity index (χ1n) is 3.08. The van der Waals surface area contributed by atoms with E-state index in [9.17, 15) is 0 Å². The Hall–Kier alpha value is 0.0200. The van der Waals surface area contributed by atoms with Crippen LogP contribution in [0.1, 0.15) is 27.7 Å². The van der Waals surface area contributed by atoms with Gasteiger partial charge in [0.05, 0.1) is 5.04 Å². The van der Waals surface area contributed by atoms with E-state index in [4.69, 9.17) is 0 Å². The van der Waals surface area contributed by atoms with Crippen LogP contribution in [-0.4, -0.2) is 16.8 Å². The average Bonchev–Trinajstić information content (AvgIpc) is 1.62. The van der Waals surface area contributed by atoms with Crippen molar-refractivity contribution in [2.45, 2.75) is 32.4 Å². The van der Waals surface area contributed by atoms with Crippen molar-refractivity contribution >= 4 is 16.8 Å². The van der Waals surface area contributed by atoms with Gasteiger partial charge in [0, 0.05) is 11.8 Å². The summed E-state index contributed by atoms with van der Waals surface area (Å²) in [4.78, 5) is 4.05. The number of aliphatic imine (C=N–C) groups is 1. The van der Waals surface area contributed by atoms with Crippen LogP contribution in [0.3, 0.4) is 0 Å². The van der Waals surface area contributed by atoms with Crippen LogP contribution in [0.5, 0.6) is 0 Å². The molecule has 0 bridgehead atoms. The lowest BCUT2D eigenvalue weighted by Gasteiger charge is -2.16. The van der Waals surface area contributed by atoms with E-state index >= 15 is 0 Å². The summed E-state index contributed by atoms with van der Waals surface area (Å²) in [6.07, 6.45) is 0. The maximum Gasteiger partial charge on any atom is 0.0646 e. The van der Waals surface area contributed by atoms with E-state index in [2.05, 4.69) is 25.8 Å². The zero-order valence-corrected chi connectivity index (χ0v) is 7.67. The molecule has 0 atom stereocenters. The molecule has 0 saturated carbocycles. The fraction of sp³-hybridized carbons (Fsp3) is 0.857. The van der Waals surface area contributed by atoms with Crippen molar-refractivity contribution in [3.8, 4) is 0 Å². The molecule has 9 heavy (non-hydrogen) atoms. The highest BCUT2D eigenvalue weighted by Crippen LogP contribution is 2.23. The van der Waals surface area contributed by atoms with Crippen LogP contribution in [0.2, 0.25) is 0 Å². The van der Waals surface area contributed by atoms with E-state index in [1.807, 2.05) is 14.0 Å². The van der Waals surface area contributed by atoms with Gasteiger partial charge in [0.25, 0.3) is 0 Å². The van der Waals surface area contributed by atoms with Crippen molar-refractivity contribution in [1.82, 2.24) is 0 Å². The quantitative estimate of drug-likeness (QED) is 0.377. The van der Waals surface area contributed by atoms with Gasteiger partial charge in [0.1, 0.15) is 0 Å². The molecule has 0 aliphatic rings. The van der Waals surface area contributed by atoms with Gasteiger partial charge in [-0.05, 0) is 6.92 Å². The Morgan fingerprint density at radius 2 is 1.78 bits per heavy atom. The van der Waals surface area contributed by atoms with Gasteiger partial charge >= 0.3 is 0 Å². The van der Waals surface area contributed by atoms with E-state index in [0.29, 0.717) is 4.75 Å². The second-order valence-electron chi connectivity index (χ2n) is 2.96. The van der Waals surface area contributed by atoms with E-state index in [1.54, 1.807) is 11.8 Å². The van der Waals surface area contributed by atoms with Gasteiger partial charge in [-0.15, -0.1) is 11.8 Å². The lowest BCUT2D eigenvalue weighted by molar-refractivity contribution is 0.809. The molecule has 0 rings (SSSR count). The molecule has 0 fully saturated rings. The number of rotatable bonds is 0. The Bertz CT molecular complexity index is 111. The summed E-state index contributed by atoms with van der Waals surface area (Å²) in [5, 5.41) is 1.16. The van der Waals surface area contributed by atoms with Crippen molar-refractivity contribution in [3.05, 3.63) is 0 Å². The molecule has 0 radical (unpaired) electrons.